The zero-order valence-electron chi connectivity index (χ0n) is 13.2. The number of nitrogens with one attached hydrogen (secondary N) is 2. The lowest BCUT2D eigenvalue weighted by Gasteiger charge is -2.13. The maximum atomic E-state index is 13.2. The first kappa shape index (κ1) is 19.6. The molecule has 2 N–H and O–H groups in total. The molecule has 0 aliphatic rings. The lowest BCUT2D eigenvalue weighted by Crippen LogP contribution is -2.34. The molecule has 0 bridgehead atoms. The van der Waals surface area contributed by atoms with Crippen molar-refractivity contribution >= 4 is 56.5 Å². The number of rotatable bonds is 5. The van der Waals surface area contributed by atoms with Gasteiger partial charge in [-0.1, -0.05) is 34.5 Å². The molecule has 8 heteroatoms. The van der Waals surface area contributed by atoms with Crippen molar-refractivity contribution in [2.75, 3.05) is 11.9 Å². The van der Waals surface area contributed by atoms with E-state index in [0.29, 0.717) is 23.6 Å². The van der Waals surface area contributed by atoms with Crippen molar-refractivity contribution in [1.29, 1.82) is 0 Å². The van der Waals surface area contributed by atoms with E-state index >= 15 is 0 Å². The molecule has 0 radical (unpaired) electrons. The Bertz CT molecular complexity index is 804. The molecule has 1 amide bonds. The number of ether oxygens (including phenoxy) is 1. The average molecular weight is 446 g/mol. The minimum absolute atomic E-state index is 0.0404. The van der Waals surface area contributed by atoms with Gasteiger partial charge in [-0.3, -0.25) is 10.1 Å². The van der Waals surface area contributed by atoms with Crippen LogP contribution in [0, 0.1) is 5.82 Å². The third kappa shape index (κ3) is 5.66. The monoisotopic (exact) mass is 444 g/mol. The molecule has 2 aromatic rings. The van der Waals surface area contributed by atoms with E-state index in [2.05, 4.69) is 26.6 Å². The van der Waals surface area contributed by atoms with Crippen LogP contribution in [-0.2, 0) is 0 Å². The van der Waals surface area contributed by atoms with Gasteiger partial charge in [-0.05, 0) is 55.0 Å². The normalized spacial score (nSPS) is 10.2. The van der Waals surface area contributed by atoms with Crippen molar-refractivity contribution in [1.82, 2.24) is 5.32 Å². The standard InChI is InChI=1S/C17H15BrClFN2O2S/c1-2-7-24-15-6-3-10(18)8-12(15)16(23)22-17(25)21-11-4-5-14(20)13(19)9-11/h3-6,8-9H,2,7H2,1H3,(H2,21,22,23,25). The molecule has 0 saturated carbocycles. The lowest BCUT2D eigenvalue weighted by molar-refractivity contribution is 0.0973. The number of hydrogen-bond donors (Lipinski definition) is 2. The molecular weight excluding hydrogens is 431 g/mol. The number of anilines is 1. The summed E-state index contributed by atoms with van der Waals surface area (Å²) in [6.07, 6.45) is 0.822. The van der Waals surface area contributed by atoms with E-state index in [1.54, 1.807) is 18.2 Å². The molecule has 0 saturated heterocycles. The summed E-state index contributed by atoms with van der Waals surface area (Å²) in [6.45, 7) is 2.48. The number of amides is 1. The predicted molar refractivity (Wildman–Crippen MR) is 105 cm³/mol. The average Bonchev–Trinajstić information content (AvgIpc) is 2.57. The van der Waals surface area contributed by atoms with Crippen molar-refractivity contribution in [3.63, 3.8) is 0 Å². The van der Waals surface area contributed by atoms with Gasteiger partial charge in [0.25, 0.3) is 5.91 Å². The van der Waals surface area contributed by atoms with Crippen molar-refractivity contribution in [2.24, 2.45) is 0 Å². The zero-order chi connectivity index (χ0) is 18.4. The van der Waals surface area contributed by atoms with Crippen molar-refractivity contribution in [3.8, 4) is 5.75 Å². The molecule has 0 aliphatic heterocycles. The molecule has 0 atom stereocenters. The number of carbonyl (C=O) groups excluding carboxylic acids is 1. The van der Waals surface area contributed by atoms with Crippen LogP contribution in [0.3, 0.4) is 0 Å². The summed E-state index contributed by atoms with van der Waals surface area (Å²) in [5.41, 5.74) is 0.817. The van der Waals surface area contributed by atoms with Crippen LogP contribution >= 0.6 is 39.7 Å². The summed E-state index contributed by atoms with van der Waals surface area (Å²) < 4.78 is 19.5. The van der Waals surface area contributed by atoms with Crippen LogP contribution in [0.15, 0.2) is 40.9 Å². The van der Waals surface area contributed by atoms with Gasteiger partial charge >= 0.3 is 0 Å². The van der Waals surface area contributed by atoms with Crippen LogP contribution in [0.5, 0.6) is 5.75 Å². The second kappa shape index (κ2) is 9.12. The van der Waals surface area contributed by atoms with Crippen molar-refractivity contribution < 1.29 is 13.9 Å². The fraction of sp³-hybridized carbons (Fsp3) is 0.176. The van der Waals surface area contributed by atoms with Gasteiger partial charge in [0.05, 0.1) is 17.2 Å². The Balaban J connectivity index is 2.09. The number of hydrogen-bond acceptors (Lipinski definition) is 3. The van der Waals surface area contributed by atoms with Crippen LogP contribution < -0.4 is 15.4 Å². The van der Waals surface area contributed by atoms with E-state index in [0.717, 1.165) is 10.9 Å². The fourth-order valence-electron chi connectivity index (χ4n) is 1.92. The van der Waals surface area contributed by atoms with Crippen molar-refractivity contribution in [2.45, 2.75) is 13.3 Å². The second-order valence-corrected chi connectivity index (χ2v) is 6.76. The summed E-state index contributed by atoms with van der Waals surface area (Å²) in [7, 11) is 0. The van der Waals surface area contributed by atoms with E-state index in [4.69, 9.17) is 28.6 Å². The van der Waals surface area contributed by atoms with Gasteiger partial charge in [-0.2, -0.15) is 0 Å². The molecule has 0 fully saturated rings. The van der Waals surface area contributed by atoms with Crippen LogP contribution in [0.25, 0.3) is 0 Å². The highest BCUT2D eigenvalue weighted by Gasteiger charge is 2.15. The highest BCUT2D eigenvalue weighted by atomic mass is 79.9. The molecule has 0 aromatic heterocycles. The minimum atomic E-state index is -0.533. The summed E-state index contributed by atoms with van der Waals surface area (Å²) in [5.74, 6) is -0.484. The molecule has 0 unspecified atom stereocenters. The Morgan fingerprint density at radius 3 is 2.76 bits per heavy atom. The summed E-state index contributed by atoms with van der Waals surface area (Å²) in [5, 5.41) is 5.37. The highest BCUT2D eigenvalue weighted by Crippen LogP contribution is 2.24. The zero-order valence-corrected chi connectivity index (χ0v) is 16.4. The number of benzene rings is 2. The maximum absolute atomic E-state index is 13.2. The molecule has 2 rings (SSSR count). The number of halogens is 3. The Morgan fingerprint density at radius 2 is 2.08 bits per heavy atom. The highest BCUT2D eigenvalue weighted by molar-refractivity contribution is 9.10. The van der Waals surface area contributed by atoms with Crippen LogP contribution in [0.1, 0.15) is 23.7 Å². The fourth-order valence-corrected chi connectivity index (χ4v) is 2.68. The summed E-state index contributed by atoms with van der Waals surface area (Å²) in [4.78, 5) is 12.5. The maximum Gasteiger partial charge on any atom is 0.261 e. The van der Waals surface area contributed by atoms with E-state index in [9.17, 15) is 9.18 Å². The third-order valence-electron chi connectivity index (χ3n) is 3.05. The molecule has 25 heavy (non-hydrogen) atoms. The first-order valence-corrected chi connectivity index (χ1v) is 8.98. The van der Waals surface area contributed by atoms with Crippen LogP contribution in [0.2, 0.25) is 5.02 Å². The molecule has 132 valence electrons. The van der Waals surface area contributed by atoms with Gasteiger partial charge in [0.1, 0.15) is 11.6 Å². The summed E-state index contributed by atoms with van der Waals surface area (Å²) in [6, 6.07) is 9.21. The van der Waals surface area contributed by atoms with Gasteiger partial charge in [0.2, 0.25) is 0 Å². The molecular formula is C17H15BrClFN2O2S. The number of carbonyl (C=O) groups is 1. The Morgan fingerprint density at radius 1 is 1.32 bits per heavy atom. The first-order valence-electron chi connectivity index (χ1n) is 7.40. The lowest BCUT2D eigenvalue weighted by atomic mass is 10.2. The van der Waals surface area contributed by atoms with Gasteiger partial charge in [-0.15, -0.1) is 0 Å². The molecule has 2 aromatic carbocycles. The van der Waals surface area contributed by atoms with E-state index in [1.807, 2.05) is 6.92 Å². The Kier molecular flexibility index (Phi) is 7.16. The van der Waals surface area contributed by atoms with Crippen molar-refractivity contribution in [3.05, 3.63) is 57.3 Å². The van der Waals surface area contributed by atoms with Gasteiger partial charge in [0.15, 0.2) is 5.11 Å². The molecule has 4 nitrogen and oxygen atoms in total. The Labute approximate surface area is 163 Å². The topological polar surface area (TPSA) is 50.4 Å². The number of thiocarbonyl (C=S) groups is 1. The molecule has 0 heterocycles. The van der Waals surface area contributed by atoms with Gasteiger partial charge < -0.3 is 10.1 Å². The van der Waals surface area contributed by atoms with Crippen LogP contribution in [-0.4, -0.2) is 17.6 Å². The first-order chi connectivity index (χ1) is 11.9. The van der Waals surface area contributed by atoms with E-state index in [1.165, 1.54) is 18.2 Å². The smallest absolute Gasteiger partial charge is 0.261 e. The minimum Gasteiger partial charge on any atom is -0.493 e. The summed E-state index contributed by atoms with van der Waals surface area (Å²) >= 11 is 14.2. The largest absolute Gasteiger partial charge is 0.493 e. The molecule has 0 aliphatic carbocycles. The second-order valence-electron chi connectivity index (χ2n) is 5.03. The van der Waals surface area contributed by atoms with E-state index in [-0.39, 0.29) is 10.1 Å². The molecule has 0 spiro atoms. The Hall–Kier alpha value is -1.70. The quantitative estimate of drug-likeness (QED) is 0.624. The van der Waals surface area contributed by atoms with Gasteiger partial charge in [0, 0.05) is 10.2 Å². The van der Waals surface area contributed by atoms with Gasteiger partial charge in [-0.25, -0.2) is 4.39 Å². The van der Waals surface area contributed by atoms with E-state index < -0.39 is 11.7 Å². The SMILES string of the molecule is CCCOc1ccc(Br)cc1C(=O)NC(=S)Nc1ccc(F)c(Cl)c1. The third-order valence-corrected chi connectivity index (χ3v) is 4.04. The predicted octanol–water partition coefficient (Wildman–Crippen LogP) is 5.16. The van der Waals surface area contributed by atoms with Crippen LogP contribution in [0.4, 0.5) is 10.1 Å².